The van der Waals surface area contributed by atoms with Gasteiger partial charge in [-0.25, -0.2) is 4.98 Å². The summed E-state index contributed by atoms with van der Waals surface area (Å²) in [6.45, 7) is 1.99. The largest absolute Gasteiger partial charge is 0.433 e. The zero-order valence-corrected chi connectivity index (χ0v) is 13.9. The molecule has 0 spiro atoms. The molecule has 0 aliphatic heterocycles. The molecule has 0 bridgehead atoms. The molecule has 0 radical (unpaired) electrons. The van der Waals surface area contributed by atoms with Crippen molar-refractivity contribution in [1.29, 1.82) is 0 Å². The van der Waals surface area contributed by atoms with Crippen LogP contribution in [-0.4, -0.2) is 22.4 Å². The number of pyridine rings is 1. The van der Waals surface area contributed by atoms with Gasteiger partial charge in [0, 0.05) is 30.6 Å². The fourth-order valence-corrected chi connectivity index (χ4v) is 2.63. The number of carbonyl (C=O) groups excluding carboxylic acids is 1. The van der Waals surface area contributed by atoms with Crippen LogP contribution in [0.1, 0.15) is 18.2 Å². The number of amides is 1. The van der Waals surface area contributed by atoms with Gasteiger partial charge in [-0.3, -0.25) is 4.79 Å². The second kappa shape index (κ2) is 7.07. The van der Waals surface area contributed by atoms with Crippen molar-refractivity contribution in [3.63, 3.8) is 0 Å². The lowest BCUT2D eigenvalue weighted by molar-refractivity contribution is -0.141. The van der Waals surface area contributed by atoms with Crippen LogP contribution < -0.4 is 10.6 Å². The van der Waals surface area contributed by atoms with Crippen molar-refractivity contribution < 1.29 is 18.0 Å². The first-order chi connectivity index (χ1) is 12.3. The number of aromatic nitrogens is 2. The summed E-state index contributed by atoms with van der Waals surface area (Å²) in [7, 11) is 0. The summed E-state index contributed by atoms with van der Waals surface area (Å²) in [6.07, 6.45) is -0.854. The van der Waals surface area contributed by atoms with E-state index in [0.29, 0.717) is 24.3 Å². The number of anilines is 2. The Morgan fingerprint density at radius 2 is 2.04 bits per heavy atom. The van der Waals surface area contributed by atoms with E-state index >= 15 is 0 Å². The van der Waals surface area contributed by atoms with E-state index in [-0.39, 0.29) is 5.91 Å². The lowest BCUT2D eigenvalue weighted by Crippen LogP contribution is -2.09. The van der Waals surface area contributed by atoms with Gasteiger partial charge in [0.05, 0.1) is 17.6 Å². The van der Waals surface area contributed by atoms with E-state index < -0.39 is 11.9 Å². The Kier molecular flexibility index (Phi) is 4.83. The van der Waals surface area contributed by atoms with Gasteiger partial charge in [0.2, 0.25) is 5.91 Å². The highest BCUT2D eigenvalue weighted by atomic mass is 19.4. The molecule has 1 amide bonds. The maximum atomic E-state index is 12.5. The second-order valence-corrected chi connectivity index (χ2v) is 5.87. The average Bonchev–Trinajstić information content (AvgIpc) is 2.96. The molecule has 2 heterocycles. The van der Waals surface area contributed by atoms with Gasteiger partial charge in [0.15, 0.2) is 0 Å². The maximum Gasteiger partial charge on any atom is 0.433 e. The SMILES string of the molecule is CC(=O)Nc1c[nH]c2ccc(CCNc3ccc(C(F)(F)F)nc3)cc12. The maximum absolute atomic E-state index is 12.5. The summed E-state index contributed by atoms with van der Waals surface area (Å²) < 4.78 is 37.5. The van der Waals surface area contributed by atoms with Crippen LogP contribution in [0.4, 0.5) is 24.5 Å². The first kappa shape index (κ1) is 17.8. The quantitative estimate of drug-likeness (QED) is 0.637. The zero-order valence-electron chi connectivity index (χ0n) is 13.9. The molecule has 1 aromatic carbocycles. The highest BCUT2D eigenvalue weighted by Crippen LogP contribution is 2.28. The molecule has 3 rings (SSSR count). The van der Waals surface area contributed by atoms with E-state index in [4.69, 9.17) is 0 Å². The standard InChI is InChI=1S/C18H17F3N4O/c1-11(26)25-16-10-23-15-4-2-12(8-14(15)16)6-7-22-13-3-5-17(24-9-13)18(19,20)21/h2-5,8-10,22-23H,6-7H2,1H3,(H,25,26). The summed E-state index contributed by atoms with van der Waals surface area (Å²) in [5, 5.41) is 6.73. The Bertz CT molecular complexity index is 916. The highest BCUT2D eigenvalue weighted by molar-refractivity contribution is 6.01. The molecule has 2 aromatic heterocycles. The Labute approximate surface area is 147 Å². The molecule has 26 heavy (non-hydrogen) atoms. The fraction of sp³-hybridized carbons (Fsp3) is 0.222. The number of rotatable bonds is 5. The molecular weight excluding hydrogens is 345 g/mol. The zero-order chi connectivity index (χ0) is 18.7. The minimum Gasteiger partial charge on any atom is -0.383 e. The average molecular weight is 362 g/mol. The van der Waals surface area contributed by atoms with Gasteiger partial charge in [0.25, 0.3) is 0 Å². The Morgan fingerprint density at radius 3 is 2.69 bits per heavy atom. The van der Waals surface area contributed by atoms with Crippen LogP contribution in [0.3, 0.4) is 0 Å². The molecule has 0 fully saturated rings. The Balaban J connectivity index is 1.63. The van der Waals surface area contributed by atoms with Gasteiger partial charge in [-0.05, 0) is 36.2 Å². The van der Waals surface area contributed by atoms with Crippen LogP contribution in [-0.2, 0) is 17.4 Å². The van der Waals surface area contributed by atoms with Crippen LogP contribution in [0.2, 0.25) is 0 Å². The molecule has 0 aliphatic rings. The molecule has 3 aromatic rings. The van der Waals surface area contributed by atoms with Crippen molar-refractivity contribution in [3.8, 4) is 0 Å². The van der Waals surface area contributed by atoms with Gasteiger partial charge in [-0.2, -0.15) is 13.2 Å². The van der Waals surface area contributed by atoms with Crippen LogP contribution in [0.15, 0.2) is 42.7 Å². The number of hydrogen-bond acceptors (Lipinski definition) is 3. The third-order valence-corrected chi connectivity index (χ3v) is 3.85. The smallest absolute Gasteiger partial charge is 0.383 e. The number of carbonyl (C=O) groups is 1. The van der Waals surface area contributed by atoms with Crippen molar-refractivity contribution >= 4 is 28.2 Å². The predicted octanol–water partition coefficient (Wildman–Crippen LogP) is 4.19. The number of benzene rings is 1. The van der Waals surface area contributed by atoms with Crippen molar-refractivity contribution in [2.24, 2.45) is 0 Å². The van der Waals surface area contributed by atoms with E-state index in [1.54, 1.807) is 6.20 Å². The molecule has 8 heteroatoms. The van der Waals surface area contributed by atoms with Crippen LogP contribution in [0, 0.1) is 0 Å². The number of aromatic amines is 1. The van der Waals surface area contributed by atoms with Crippen LogP contribution in [0.5, 0.6) is 0 Å². The van der Waals surface area contributed by atoms with Gasteiger partial charge in [-0.15, -0.1) is 0 Å². The predicted molar refractivity (Wildman–Crippen MR) is 94.0 cm³/mol. The van der Waals surface area contributed by atoms with Crippen molar-refractivity contribution in [1.82, 2.24) is 9.97 Å². The van der Waals surface area contributed by atoms with Gasteiger partial charge < -0.3 is 15.6 Å². The Hall–Kier alpha value is -3.03. The molecule has 0 atom stereocenters. The summed E-state index contributed by atoms with van der Waals surface area (Å²) in [4.78, 5) is 17.7. The number of halogens is 3. The first-order valence-corrected chi connectivity index (χ1v) is 7.97. The monoisotopic (exact) mass is 362 g/mol. The molecule has 0 aliphatic carbocycles. The third-order valence-electron chi connectivity index (χ3n) is 3.85. The summed E-state index contributed by atoms with van der Waals surface area (Å²) in [5.41, 5.74) is 2.29. The minimum absolute atomic E-state index is 0.146. The van der Waals surface area contributed by atoms with Crippen LogP contribution in [0.25, 0.3) is 10.9 Å². The van der Waals surface area contributed by atoms with Gasteiger partial charge in [-0.1, -0.05) is 6.07 Å². The number of nitrogens with zero attached hydrogens (tertiary/aromatic N) is 1. The number of H-pyrrole nitrogens is 1. The number of nitrogens with one attached hydrogen (secondary N) is 3. The number of hydrogen-bond donors (Lipinski definition) is 3. The second-order valence-electron chi connectivity index (χ2n) is 5.87. The lowest BCUT2D eigenvalue weighted by Gasteiger charge is -2.09. The highest BCUT2D eigenvalue weighted by Gasteiger charge is 2.31. The van der Waals surface area contributed by atoms with E-state index in [1.807, 2.05) is 18.2 Å². The normalized spacial score (nSPS) is 11.5. The van der Waals surface area contributed by atoms with Gasteiger partial charge in [0.1, 0.15) is 5.69 Å². The molecule has 3 N–H and O–H groups in total. The molecule has 0 saturated heterocycles. The molecule has 0 unspecified atom stereocenters. The first-order valence-electron chi connectivity index (χ1n) is 7.97. The third kappa shape index (κ3) is 4.14. The van der Waals surface area contributed by atoms with Crippen molar-refractivity contribution in [3.05, 3.63) is 54.0 Å². The van der Waals surface area contributed by atoms with E-state index in [2.05, 4.69) is 20.6 Å². The minimum atomic E-state index is -4.43. The molecule has 136 valence electrons. The van der Waals surface area contributed by atoms with E-state index in [0.717, 1.165) is 22.5 Å². The molecular formula is C18H17F3N4O. The summed E-state index contributed by atoms with van der Waals surface area (Å²) in [5.74, 6) is -0.146. The fourth-order valence-electron chi connectivity index (χ4n) is 2.63. The van der Waals surface area contributed by atoms with E-state index in [1.165, 1.54) is 19.2 Å². The number of fused-ring (bicyclic) bond motifs is 1. The molecule has 0 saturated carbocycles. The number of alkyl halides is 3. The molecule has 5 nitrogen and oxygen atoms in total. The van der Waals surface area contributed by atoms with Crippen LogP contribution >= 0.6 is 0 Å². The Morgan fingerprint density at radius 1 is 1.23 bits per heavy atom. The topological polar surface area (TPSA) is 69.8 Å². The lowest BCUT2D eigenvalue weighted by atomic mass is 10.1. The van der Waals surface area contributed by atoms with Crippen molar-refractivity contribution in [2.45, 2.75) is 19.5 Å². The van der Waals surface area contributed by atoms with Crippen molar-refractivity contribution in [2.75, 3.05) is 17.2 Å². The summed E-state index contributed by atoms with van der Waals surface area (Å²) in [6, 6.07) is 8.18. The summed E-state index contributed by atoms with van der Waals surface area (Å²) >= 11 is 0. The van der Waals surface area contributed by atoms with E-state index in [9.17, 15) is 18.0 Å². The van der Waals surface area contributed by atoms with Gasteiger partial charge >= 0.3 is 6.18 Å².